The molecule has 6 heteroatoms. The summed E-state index contributed by atoms with van der Waals surface area (Å²) >= 11 is 0. The summed E-state index contributed by atoms with van der Waals surface area (Å²) in [5.74, 6) is 0.986. The molecule has 0 saturated heterocycles. The van der Waals surface area contributed by atoms with Gasteiger partial charge in [0.05, 0.1) is 18.4 Å². The lowest BCUT2D eigenvalue weighted by atomic mass is 10.1. The molecule has 0 saturated carbocycles. The third kappa shape index (κ3) is 3.78. The number of nitrogens with one attached hydrogen (secondary N) is 2. The molecule has 0 bridgehead atoms. The number of nitrogens with zero attached hydrogens (tertiary/aromatic N) is 2. The Morgan fingerprint density at radius 1 is 1.12 bits per heavy atom. The quantitative estimate of drug-likeness (QED) is 0.751. The summed E-state index contributed by atoms with van der Waals surface area (Å²) in [5.41, 5.74) is 3.46. The molecule has 2 heterocycles. The van der Waals surface area contributed by atoms with Gasteiger partial charge in [0.15, 0.2) is 0 Å². The van der Waals surface area contributed by atoms with Crippen molar-refractivity contribution < 1.29 is 9.21 Å². The number of rotatable bonds is 5. The lowest BCUT2D eigenvalue weighted by Crippen LogP contribution is -2.13. The first-order valence-corrected chi connectivity index (χ1v) is 7.59. The molecule has 0 fully saturated rings. The Kier molecular flexibility index (Phi) is 4.56. The van der Waals surface area contributed by atoms with Gasteiger partial charge in [0.1, 0.15) is 5.76 Å². The zero-order valence-corrected chi connectivity index (χ0v) is 13.5. The van der Waals surface area contributed by atoms with Crippen LogP contribution in [0, 0.1) is 13.8 Å². The van der Waals surface area contributed by atoms with E-state index >= 15 is 0 Å². The predicted octanol–water partition coefficient (Wildman–Crippen LogP) is 3.55. The van der Waals surface area contributed by atoms with E-state index in [4.69, 9.17) is 4.42 Å². The van der Waals surface area contributed by atoms with Crippen LogP contribution in [0.3, 0.4) is 0 Å². The monoisotopic (exact) mass is 322 g/mol. The second kappa shape index (κ2) is 6.95. The number of hydrogen-bond acceptors (Lipinski definition) is 5. The largest absolute Gasteiger partial charge is 0.467 e. The van der Waals surface area contributed by atoms with E-state index in [1.807, 2.05) is 44.2 Å². The van der Waals surface area contributed by atoms with Gasteiger partial charge in [-0.3, -0.25) is 4.79 Å². The summed E-state index contributed by atoms with van der Waals surface area (Å²) in [6.45, 7) is 4.53. The molecule has 0 aliphatic heterocycles. The van der Waals surface area contributed by atoms with Crippen molar-refractivity contribution in [1.82, 2.24) is 9.97 Å². The highest BCUT2D eigenvalue weighted by Gasteiger charge is 2.08. The number of anilines is 2. The molecule has 0 aliphatic carbocycles. The summed E-state index contributed by atoms with van der Waals surface area (Å²) in [4.78, 5) is 20.5. The van der Waals surface area contributed by atoms with Crippen molar-refractivity contribution in [2.24, 2.45) is 0 Å². The number of hydrogen-bond donors (Lipinski definition) is 2. The van der Waals surface area contributed by atoms with Crippen molar-refractivity contribution in [3.05, 3.63) is 71.4 Å². The van der Waals surface area contributed by atoms with Crippen molar-refractivity contribution in [2.45, 2.75) is 20.4 Å². The molecular formula is C18H18N4O2. The van der Waals surface area contributed by atoms with Crippen molar-refractivity contribution >= 4 is 17.5 Å². The van der Waals surface area contributed by atoms with Crippen LogP contribution in [0.2, 0.25) is 0 Å². The summed E-state index contributed by atoms with van der Waals surface area (Å²) in [6.07, 6.45) is 4.60. The zero-order valence-electron chi connectivity index (χ0n) is 13.5. The predicted molar refractivity (Wildman–Crippen MR) is 91.9 cm³/mol. The van der Waals surface area contributed by atoms with E-state index in [1.165, 1.54) is 18.0 Å². The van der Waals surface area contributed by atoms with Crippen LogP contribution < -0.4 is 10.6 Å². The smallest absolute Gasteiger partial charge is 0.258 e. The summed E-state index contributed by atoms with van der Waals surface area (Å²) < 4.78 is 5.22. The minimum Gasteiger partial charge on any atom is -0.467 e. The van der Waals surface area contributed by atoms with Crippen LogP contribution in [0.25, 0.3) is 0 Å². The highest BCUT2D eigenvalue weighted by atomic mass is 16.3. The second-order valence-electron chi connectivity index (χ2n) is 5.48. The Morgan fingerprint density at radius 2 is 1.92 bits per heavy atom. The summed E-state index contributed by atoms with van der Waals surface area (Å²) in [5, 5.41) is 5.87. The minimum absolute atomic E-state index is 0.240. The Morgan fingerprint density at radius 3 is 2.58 bits per heavy atom. The fourth-order valence-electron chi connectivity index (χ4n) is 2.14. The summed E-state index contributed by atoms with van der Waals surface area (Å²) in [7, 11) is 0. The molecule has 0 radical (unpaired) electrons. The van der Waals surface area contributed by atoms with Crippen LogP contribution in [-0.2, 0) is 6.54 Å². The van der Waals surface area contributed by atoms with Gasteiger partial charge in [-0.15, -0.1) is 0 Å². The molecule has 1 amide bonds. The average molecular weight is 322 g/mol. The molecule has 1 aromatic carbocycles. The maximum atomic E-state index is 12.2. The average Bonchev–Trinajstić information content (AvgIpc) is 3.10. The highest BCUT2D eigenvalue weighted by molar-refractivity contribution is 6.03. The maximum absolute atomic E-state index is 12.2. The van der Waals surface area contributed by atoms with Crippen molar-refractivity contribution in [1.29, 1.82) is 0 Å². The molecule has 2 aromatic heterocycles. The molecule has 3 aromatic rings. The molecule has 0 aliphatic rings. The Labute approximate surface area is 140 Å². The van der Waals surface area contributed by atoms with Gasteiger partial charge in [0, 0.05) is 18.1 Å². The standard InChI is InChI=1S/C18H18N4O2/c1-12-5-6-15(8-13(12)2)22-17(23)14-9-19-18(20-10-14)21-11-16-4-3-7-24-16/h3-10H,11H2,1-2H3,(H,22,23)(H,19,20,21). The Hall–Kier alpha value is -3.15. The lowest BCUT2D eigenvalue weighted by Gasteiger charge is -2.08. The lowest BCUT2D eigenvalue weighted by molar-refractivity contribution is 0.102. The molecule has 3 rings (SSSR count). The van der Waals surface area contributed by atoms with Crippen molar-refractivity contribution in [2.75, 3.05) is 10.6 Å². The normalized spacial score (nSPS) is 10.4. The van der Waals surface area contributed by atoms with Gasteiger partial charge in [0.2, 0.25) is 5.95 Å². The molecule has 0 atom stereocenters. The van der Waals surface area contributed by atoms with Gasteiger partial charge in [0.25, 0.3) is 5.91 Å². The first kappa shape index (κ1) is 15.7. The van der Waals surface area contributed by atoms with Crippen LogP contribution in [0.1, 0.15) is 27.2 Å². The van der Waals surface area contributed by atoms with Gasteiger partial charge < -0.3 is 15.1 Å². The number of furan rings is 1. The first-order chi connectivity index (χ1) is 11.6. The van der Waals surface area contributed by atoms with Gasteiger partial charge in [-0.25, -0.2) is 9.97 Å². The van der Waals surface area contributed by atoms with E-state index in [2.05, 4.69) is 20.6 Å². The number of amides is 1. The van der Waals surface area contributed by atoms with Crippen molar-refractivity contribution in [3.8, 4) is 0 Å². The van der Waals surface area contributed by atoms with Crippen molar-refractivity contribution in [3.63, 3.8) is 0 Å². The molecule has 0 unspecified atom stereocenters. The van der Waals surface area contributed by atoms with Gasteiger partial charge >= 0.3 is 0 Å². The van der Waals surface area contributed by atoms with E-state index in [0.717, 1.165) is 17.0 Å². The highest BCUT2D eigenvalue weighted by Crippen LogP contribution is 2.15. The number of carbonyl (C=O) groups excluding carboxylic acids is 1. The Bertz CT molecular complexity index is 827. The molecule has 24 heavy (non-hydrogen) atoms. The third-order valence-electron chi connectivity index (χ3n) is 3.68. The number of carbonyl (C=O) groups is 1. The van der Waals surface area contributed by atoms with E-state index in [9.17, 15) is 4.79 Å². The van der Waals surface area contributed by atoms with Crippen LogP contribution in [0.4, 0.5) is 11.6 Å². The number of aryl methyl sites for hydroxylation is 2. The van der Waals surface area contributed by atoms with Crippen LogP contribution in [0.5, 0.6) is 0 Å². The fraction of sp³-hybridized carbons (Fsp3) is 0.167. The van der Waals surface area contributed by atoms with E-state index in [0.29, 0.717) is 18.1 Å². The SMILES string of the molecule is Cc1ccc(NC(=O)c2cnc(NCc3ccco3)nc2)cc1C. The second-order valence-corrected chi connectivity index (χ2v) is 5.48. The van der Waals surface area contributed by atoms with Crippen LogP contribution in [-0.4, -0.2) is 15.9 Å². The van der Waals surface area contributed by atoms with Crippen LogP contribution >= 0.6 is 0 Å². The van der Waals surface area contributed by atoms with E-state index in [-0.39, 0.29) is 5.91 Å². The van der Waals surface area contributed by atoms with Gasteiger partial charge in [-0.05, 0) is 49.2 Å². The number of benzene rings is 1. The van der Waals surface area contributed by atoms with E-state index in [1.54, 1.807) is 6.26 Å². The van der Waals surface area contributed by atoms with Crippen LogP contribution in [0.15, 0.2) is 53.4 Å². The minimum atomic E-state index is -0.240. The molecule has 0 spiro atoms. The maximum Gasteiger partial charge on any atom is 0.258 e. The third-order valence-corrected chi connectivity index (χ3v) is 3.68. The molecule has 2 N–H and O–H groups in total. The van der Waals surface area contributed by atoms with Gasteiger partial charge in [-0.1, -0.05) is 6.07 Å². The Balaban J connectivity index is 1.61. The summed E-state index contributed by atoms with van der Waals surface area (Å²) in [6, 6.07) is 9.47. The van der Waals surface area contributed by atoms with E-state index < -0.39 is 0 Å². The van der Waals surface area contributed by atoms with Gasteiger partial charge in [-0.2, -0.15) is 0 Å². The molecular weight excluding hydrogens is 304 g/mol. The molecule has 122 valence electrons. The fourth-order valence-corrected chi connectivity index (χ4v) is 2.14. The molecule has 6 nitrogen and oxygen atoms in total. The zero-order chi connectivity index (χ0) is 16.9. The number of aromatic nitrogens is 2. The topological polar surface area (TPSA) is 80.0 Å². The first-order valence-electron chi connectivity index (χ1n) is 7.59.